The first-order valence-corrected chi connectivity index (χ1v) is 19.7. The smallest absolute Gasteiger partial charge is 0.335 e. The molecule has 1 aromatic heterocycles. The first kappa shape index (κ1) is 47.9. The maximum absolute atomic E-state index is 11.7. The summed E-state index contributed by atoms with van der Waals surface area (Å²) in [6.45, 7) is 33.9. The summed E-state index contributed by atoms with van der Waals surface area (Å²) in [5.41, 5.74) is 14.5. The Morgan fingerprint density at radius 2 is 0.946 bits per heavy atom. The van der Waals surface area contributed by atoms with Crippen LogP contribution >= 0.6 is 0 Å². The summed E-state index contributed by atoms with van der Waals surface area (Å²) in [5.74, 6) is -1.01. The second-order valence-electron chi connectivity index (χ2n) is 16.7. The summed E-state index contributed by atoms with van der Waals surface area (Å²) in [4.78, 5) is 26.6. The van der Waals surface area contributed by atoms with Crippen molar-refractivity contribution in [2.24, 2.45) is 9.98 Å². The summed E-state index contributed by atoms with van der Waals surface area (Å²) >= 11 is 0. The zero-order chi connectivity index (χ0) is 41.6. The number of pyridine rings is 1. The van der Waals surface area contributed by atoms with E-state index in [4.69, 9.17) is 20.1 Å². The number of benzene rings is 3. The predicted molar refractivity (Wildman–Crippen MR) is 229 cm³/mol. The van der Waals surface area contributed by atoms with E-state index in [2.05, 4.69) is 126 Å². The summed E-state index contributed by atoms with van der Waals surface area (Å²) < 4.78 is 0. The van der Waals surface area contributed by atoms with Crippen molar-refractivity contribution >= 4 is 28.8 Å². The van der Waals surface area contributed by atoms with Gasteiger partial charge in [-0.25, -0.2) is 9.78 Å². The number of carboxylic acids is 1. The van der Waals surface area contributed by atoms with Gasteiger partial charge in [0.1, 0.15) is 5.75 Å². The average molecular weight is 806 g/mol. The molecule has 0 saturated carbocycles. The molecule has 0 aliphatic carbocycles. The fraction of sp³-hybridized carbons (Fsp3) is 0.458. The molecule has 0 spiro atoms. The number of aromatic hydroxyl groups is 1. The van der Waals surface area contributed by atoms with E-state index in [-0.39, 0.29) is 34.2 Å². The SMILES string of the molecule is CC(=Nc1c(C(C)C)cc(C)cc1C(C)C)c1cccc(C(C)=Nc2c(C(C)C)cc(C)cc2C(C)C)n1.CC(C)c1cc(O)c([O-])c(C(=O)O)c1C(C)C.[Co]. The van der Waals surface area contributed by atoms with Crippen LogP contribution in [0.4, 0.5) is 11.4 Å². The molecular formula is C48H64CoN3O4-. The number of rotatable bonds is 11. The molecule has 0 fully saturated rings. The Morgan fingerprint density at radius 1 is 0.607 bits per heavy atom. The van der Waals surface area contributed by atoms with E-state index in [1.54, 1.807) is 0 Å². The molecule has 0 saturated heterocycles. The third kappa shape index (κ3) is 11.4. The molecule has 8 heteroatoms. The monoisotopic (exact) mass is 805 g/mol. The number of aromatic carboxylic acids is 1. The molecule has 0 aliphatic heterocycles. The van der Waals surface area contributed by atoms with Crippen LogP contribution in [0.25, 0.3) is 0 Å². The average Bonchev–Trinajstić information content (AvgIpc) is 3.09. The van der Waals surface area contributed by atoms with Crippen molar-refractivity contribution < 1.29 is 36.9 Å². The van der Waals surface area contributed by atoms with Crippen LogP contribution in [0.3, 0.4) is 0 Å². The van der Waals surface area contributed by atoms with Crippen molar-refractivity contribution in [1.29, 1.82) is 0 Å². The third-order valence-electron chi connectivity index (χ3n) is 9.91. The van der Waals surface area contributed by atoms with Crippen molar-refractivity contribution in [3.8, 4) is 11.5 Å². The third-order valence-corrected chi connectivity index (χ3v) is 9.91. The molecule has 305 valence electrons. The molecule has 0 amide bonds. The molecule has 0 bridgehead atoms. The van der Waals surface area contributed by atoms with Gasteiger partial charge in [-0.15, -0.1) is 0 Å². The van der Waals surface area contributed by atoms with Gasteiger partial charge in [0.15, 0.2) is 0 Å². The number of carbonyl (C=O) groups is 1. The molecule has 1 heterocycles. The number of aliphatic imine (C=N–C) groups is 2. The minimum absolute atomic E-state index is 0. The van der Waals surface area contributed by atoms with Crippen molar-refractivity contribution in [3.05, 3.63) is 110 Å². The molecule has 2 N–H and O–H groups in total. The Labute approximate surface area is 347 Å². The summed E-state index contributed by atoms with van der Waals surface area (Å²) in [5, 5.41) is 30.3. The van der Waals surface area contributed by atoms with E-state index >= 15 is 0 Å². The molecule has 56 heavy (non-hydrogen) atoms. The van der Waals surface area contributed by atoms with Gasteiger partial charge in [-0.1, -0.05) is 130 Å². The normalized spacial score (nSPS) is 12.2. The Kier molecular flexibility index (Phi) is 17.3. The topological polar surface area (TPSA) is 118 Å². The first-order valence-electron chi connectivity index (χ1n) is 19.7. The van der Waals surface area contributed by atoms with Crippen LogP contribution in [0.5, 0.6) is 11.5 Å². The van der Waals surface area contributed by atoms with E-state index in [0.717, 1.165) is 39.7 Å². The molecule has 0 aliphatic rings. The van der Waals surface area contributed by atoms with Gasteiger partial charge in [0.05, 0.1) is 39.7 Å². The molecule has 1 radical (unpaired) electrons. The van der Waals surface area contributed by atoms with Crippen LogP contribution in [0.15, 0.2) is 58.5 Å². The summed E-state index contributed by atoms with van der Waals surface area (Å²) in [6.07, 6.45) is 0. The van der Waals surface area contributed by atoms with E-state index in [1.165, 1.54) is 39.4 Å². The van der Waals surface area contributed by atoms with Gasteiger partial charge in [0.2, 0.25) is 0 Å². The molecule has 7 nitrogen and oxygen atoms in total. The van der Waals surface area contributed by atoms with E-state index < -0.39 is 17.5 Å². The molecule has 4 aromatic rings. The van der Waals surface area contributed by atoms with Crippen molar-refractivity contribution in [2.45, 2.75) is 146 Å². The van der Waals surface area contributed by atoms with E-state index in [1.807, 2.05) is 27.7 Å². The number of phenols is 1. The van der Waals surface area contributed by atoms with Crippen molar-refractivity contribution in [3.63, 3.8) is 0 Å². The van der Waals surface area contributed by atoms with Crippen LogP contribution < -0.4 is 5.11 Å². The first-order chi connectivity index (χ1) is 25.6. The molecule has 0 unspecified atom stereocenters. The van der Waals surface area contributed by atoms with Crippen LogP contribution in [0.1, 0.15) is 199 Å². The van der Waals surface area contributed by atoms with Gasteiger partial charge in [-0.2, -0.15) is 0 Å². The van der Waals surface area contributed by atoms with Gasteiger partial charge in [-0.05, 0) is 115 Å². The zero-order valence-electron chi connectivity index (χ0n) is 36.5. The van der Waals surface area contributed by atoms with Gasteiger partial charge >= 0.3 is 5.97 Å². The van der Waals surface area contributed by atoms with Gasteiger partial charge in [0.25, 0.3) is 0 Å². The Balaban J connectivity index is 0.000000505. The maximum Gasteiger partial charge on any atom is 0.335 e. The molecule has 0 atom stereocenters. The van der Waals surface area contributed by atoms with Gasteiger partial charge in [0, 0.05) is 16.8 Å². The molecular weight excluding hydrogens is 741 g/mol. The fourth-order valence-corrected chi connectivity index (χ4v) is 6.97. The second kappa shape index (κ2) is 20.2. The summed E-state index contributed by atoms with van der Waals surface area (Å²) in [7, 11) is 0. The minimum atomic E-state index is -1.28. The van der Waals surface area contributed by atoms with Crippen molar-refractivity contribution in [1.82, 2.24) is 4.98 Å². The van der Waals surface area contributed by atoms with Crippen LogP contribution in [0.2, 0.25) is 0 Å². The Morgan fingerprint density at radius 3 is 1.23 bits per heavy atom. The number of phenolic OH excluding ortho intramolecular Hbond substituents is 1. The number of nitrogens with zero attached hydrogens (tertiary/aromatic N) is 3. The van der Waals surface area contributed by atoms with Gasteiger partial charge < -0.3 is 15.3 Å². The maximum atomic E-state index is 11.7. The number of aryl methyl sites for hydroxylation is 2. The standard InChI is InChI=1S/C35H47N3.C13H18O4.Co/c1-20(2)28-16-24(9)17-29(21(3)4)34(28)36-26(11)32-14-13-15-33(38-32)27(12)37-35-30(22(5)6)18-25(10)19-31(35)23(7)8;1-6(2)8-5-9(14)12(15)11(13(16)17)10(8)7(3)4;/h13-23H,1-12H3;5-7,14-15H,1-4H3,(H,16,17);/p-1. The predicted octanol–water partition coefficient (Wildman–Crippen LogP) is 12.9. The molecule has 3 aromatic carbocycles. The Bertz CT molecular complexity index is 1910. The van der Waals surface area contributed by atoms with Crippen LogP contribution in [-0.2, 0) is 16.8 Å². The molecule has 4 rings (SSSR count). The minimum Gasteiger partial charge on any atom is -0.869 e. The number of aromatic nitrogens is 1. The largest absolute Gasteiger partial charge is 0.869 e. The van der Waals surface area contributed by atoms with Crippen LogP contribution in [0, 0.1) is 13.8 Å². The van der Waals surface area contributed by atoms with Crippen molar-refractivity contribution in [2.75, 3.05) is 0 Å². The van der Waals surface area contributed by atoms with E-state index in [0.29, 0.717) is 29.2 Å². The van der Waals surface area contributed by atoms with Gasteiger partial charge in [-0.3, -0.25) is 9.98 Å². The Hall–Kier alpha value is -4.27. The zero-order valence-corrected chi connectivity index (χ0v) is 37.5. The number of carboxylic acid groups (broad SMARTS) is 1. The fourth-order valence-electron chi connectivity index (χ4n) is 6.97. The number of hydrogen-bond acceptors (Lipinski definition) is 6. The quantitative estimate of drug-likeness (QED) is 0.146. The van der Waals surface area contributed by atoms with E-state index in [9.17, 15) is 15.0 Å². The number of hydrogen-bond donors (Lipinski definition) is 2. The van der Waals surface area contributed by atoms with Crippen LogP contribution in [-0.4, -0.2) is 32.6 Å². The summed E-state index contributed by atoms with van der Waals surface area (Å²) in [6, 6.07) is 16.7. The second-order valence-corrected chi connectivity index (χ2v) is 16.7.